The number of hydrogen-bond acceptors (Lipinski definition) is 7. The third-order valence-electron chi connectivity index (χ3n) is 5.31. The molecule has 1 aliphatic heterocycles. The number of esters is 1. The third kappa shape index (κ3) is 3.06. The van der Waals surface area contributed by atoms with Crippen molar-refractivity contribution in [1.29, 1.82) is 0 Å². The van der Waals surface area contributed by atoms with Gasteiger partial charge < -0.3 is 15.0 Å². The molecule has 3 aromatic rings. The van der Waals surface area contributed by atoms with Gasteiger partial charge in [0.25, 0.3) is 0 Å². The molecule has 1 atom stereocenters. The highest BCUT2D eigenvalue weighted by atomic mass is 16.5. The van der Waals surface area contributed by atoms with Gasteiger partial charge in [-0.25, -0.2) is 9.31 Å². The first-order chi connectivity index (χ1) is 13.7. The highest BCUT2D eigenvalue weighted by Crippen LogP contribution is 2.39. The van der Waals surface area contributed by atoms with Crippen molar-refractivity contribution in [2.45, 2.75) is 44.6 Å². The van der Waals surface area contributed by atoms with E-state index < -0.39 is 0 Å². The Labute approximate surface area is 162 Å². The van der Waals surface area contributed by atoms with Crippen LogP contribution in [0, 0.1) is 0 Å². The Hall–Kier alpha value is -3.10. The molecule has 2 aliphatic rings. The Kier molecular flexibility index (Phi) is 4.14. The number of ether oxygens (including phenoxy) is 1. The smallest absolute Gasteiger partial charge is 0.328 e. The lowest BCUT2D eigenvalue weighted by Crippen LogP contribution is -2.38. The van der Waals surface area contributed by atoms with E-state index >= 15 is 0 Å². The number of nitrogens with zero attached hydrogens (tertiary/aromatic N) is 5. The maximum absolute atomic E-state index is 12.3. The van der Waals surface area contributed by atoms with E-state index in [1.807, 2.05) is 36.2 Å². The van der Waals surface area contributed by atoms with E-state index in [9.17, 15) is 4.79 Å². The standard InChI is InChI=1S/C19H23N7O2/c1-2-28-18(27)15-6-3-9-25(15)19-21-17(14-5-4-10-26(14)24-19)20-16-11-13(22-23-16)12-7-8-12/h4-5,10-12,15H,2-3,6-9H2,1H3,(H2,20,21,22,23,24)/t15-/m0/s1. The number of hydrogen-bond donors (Lipinski definition) is 2. The third-order valence-corrected chi connectivity index (χ3v) is 5.31. The molecule has 1 saturated carbocycles. The zero-order chi connectivity index (χ0) is 19.1. The molecule has 1 aliphatic carbocycles. The average molecular weight is 381 g/mol. The van der Waals surface area contributed by atoms with Gasteiger partial charge in [0, 0.05) is 30.4 Å². The second kappa shape index (κ2) is 6.81. The first kappa shape index (κ1) is 17.0. The van der Waals surface area contributed by atoms with Crippen LogP contribution >= 0.6 is 0 Å². The molecule has 146 valence electrons. The summed E-state index contributed by atoms with van der Waals surface area (Å²) in [6, 6.07) is 5.57. The minimum absolute atomic E-state index is 0.216. The van der Waals surface area contributed by atoms with Crippen LogP contribution in [-0.4, -0.2) is 50.0 Å². The summed E-state index contributed by atoms with van der Waals surface area (Å²) in [7, 11) is 0. The van der Waals surface area contributed by atoms with Crippen molar-refractivity contribution in [3.05, 3.63) is 30.1 Å². The van der Waals surface area contributed by atoms with Crippen LogP contribution in [0.3, 0.4) is 0 Å². The summed E-state index contributed by atoms with van der Waals surface area (Å²) in [5.41, 5.74) is 2.01. The van der Waals surface area contributed by atoms with Gasteiger partial charge in [-0.05, 0) is 44.7 Å². The van der Waals surface area contributed by atoms with Gasteiger partial charge in [-0.1, -0.05) is 0 Å². The fourth-order valence-electron chi connectivity index (χ4n) is 3.75. The summed E-state index contributed by atoms with van der Waals surface area (Å²) in [6.07, 6.45) is 5.96. The number of fused-ring (bicyclic) bond motifs is 1. The molecule has 28 heavy (non-hydrogen) atoms. The molecule has 5 rings (SSSR count). The van der Waals surface area contributed by atoms with E-state index in [0.717, 1.165) is 36.4 Å². The van der Waals surface area contributed by atoms with Gasteiger partial charge in [0.1, 0.15) is 11.6 Å². The number of H-pyrrole nitrogens is 1. The van der Waals surface area contributed by atoms with Gasteiger partial charge in [-0.15, -0.1) is 5.10 Å². The summed E-state index contributed by atoms with van der Waals surface area (Å²) in [5, 5.41) is 15.4. The normalized spacial score (nSPS) is 19.3. The molecular formula is C19H23N7O2. The number of aromatic nitrogens is 5. The molecule has 0 radical (unpaired) electrons. The van der Waals surface area contributed by atoms with Crippen LogP contribution in [0.25, 0.3) is 5.52 Å². The van der Waals surface area contributed by atoms with Crippen LogP contribution in [-0.2, 0) is 9.53 Å². The molecule has 9 heteroatoms. The van der Waals surface area contributed by atoms with Crippen LogP contribution in [0.2, 0.25) is 0 Å². The molecule has 0 spiro atoms. The Morgan fingerprint density at radius 2 is 2.29 bits per heavy atom. The van der Waals surface area contributed by atoms with Gasteiger partial charge >= 0.3 is 5.97 Å². The number of carbonyl (C=O) groups is 1. The second-order valence-electron chi connectivity index (χ2n) is 7.31. The Morgan fingerprint density at radius 1 is 1.39 bits per heavy atom. The number of carbonyl (C=O) groups excluding carboxylic acids is 1. The average Bonchev–Trinajstić information content (AvgIpc) is 3.11. The molecule has 0 amide bonds. The number of nitrogens with one attached hydrogen (secondary N) is 2. The van der Waals surface area contributed by atoms with Crippen LogP contribution < -0.4 is 10.2 Å². The van der Waals surface area contributed by atoms with E-state index in [0.29, 0.717) is 24.3 Å². The zero-order valence-corrected chi connectivity index (χ0v) is 15.8. The summed E-state index contributed by atoms with van der Waals surface area (Å²) in [5.74, 6) is 2.30. The van der Waals surface area contributed by atoms with E-state index in [1.165, 1.54) is 12.8 Å². The maximum Gasteiger partial charge on any atom is 0.328 e. The molecule has 4 heterocycles. The Morgan fingerprint density at radius 3 is 3.11 bits per heavy atom. The van der Waals surface area contributed by atoms with E-state index in [2.05, 4.69) is 20.6 Å². The number of rotatable bonds is 6. The molecular weight excluding hydrogens is 358 g/mol. The zero-order valence-electron chi connectivity index (χ0n) is 15.8. The summed E-state index contributed by atoms with van der Waals surface area (Å²) in [6.45, 7) is 2.92. The Bertz CT molecular complexity index is 1010. The molecule has 0 unspecified atom stereocenters. The SMILES string of the molecule is CCOC(=O)[C@@H]1CCCN1c1nc(Nc2cc(C3CC3)[nH]n2)c2cccn2n1. The van der Waals surface area contributed by atoms with Crippen molar-refractivity contribution in [2.24, 2.45) is 0 Å². The summed E-state index contributed by atoms with van der Waals surface area (Å²) in [4.78, 5) is 19.0. The number of aromatic amines is 1. The van der Waals surface area contributed by atoms with Gasteiger partial charge in [0.2, 0.25) is 5.95 Å². The minimum Gasteiger partial charge on any atom is -0.464 e. The van der Waals surface area contributed by atoms with Gasteiger partial charge in [-0.3, -0.25) is 5.10 Å². The van der Waals surface area contributed by atoms with Crippen LogP contribution in [0.4, 0.5) is 17.6 Å². The quantitative estimate of drug-likeness (QED) is 0.633. The first-order valence-electron chi connectivity index (χ1n) is 9.84. The lowest BCUT2D eigenvalue weighted by atomic mass is 10.2. The highest BCUT2D eigenvalue weighted by molar-refractivity contribution is 5.80. The summed E-state index contributed by atoms with van der Waals surface area (Å²) < 4.78 is 7.01. The van der Waals surface area contributed by atoms with E-state index in [1.54, 1.807) is 4.52 Å². The predicted molar refractivity (Wildman–Crippen MR) is 104 cm³/mol. The lowest BCUT2D eigenvalue weighted by Gasteiger charge is -2.23. The predicted octanol–water partition coefficient (Wildman–Crippen LogP) is 2.61. The fraction of sp³-hybridized carbons (Fsp3) is 0.474. The van der Waals surface area contributed by atoms with Crippen LogP contribution in [0.15, 0.2) is 24.4 Å². The van der Waals surface area contributed by atoms with Crippen molar-refractivity contribution in [3.8, 4) is 0 Å². The van der Waals surface area contributed by atoms with Gasteiger partial charge in [0.15, 0.2) is 11.6 Å². The van der Waals surface area contributed by atoms with E-state index in [-0.39, 0.29) is 12.0 Å². The van der Waals surface area contributed by atoms with E-state index in [4.69, 9.17) is 9.72 Å². The highest BCUT2D eigenvalue weighted by Gasteiger charge is 2.34. The first-order valence-corrected chi connectivity index (χ1v) is 9.84. The van der Waals surface area contributed by atoms with Crippen molar-refractivity contribution < 1.29 is 9.53 Å². The van der Waals surface area contributed by atoms with Crippen LogP contribution in [0.5, 0.6) is 0 Å². The van der Waals surface area contributed by atoms with Crippen molar-refractivity contribution in [3.63, 3.8) is 0 Å². The molecule has 1 saturated heterocycles. The molecule has 9 nitrogen and oxygen atoms in total. The molecule has 0 aromatic carbocycles. The molecule has 2 fully saturated rings. The molecule has 0 bridgehead atoms. The van der Waals surface area contributed by atoms with Crippen molar-refractivity contribution >= 4 is 29.1 Å². The molecule has 2 N–H and O–H groups in total. The van der Waals surface area contributed by atoms with Crippen molar-refractivity contribution in [2.75, 3.05) is 23.4 Å². The van der Waals surface area contributed by atoms with Crippen LogP contribution in [0.1, 0.15) is 44.2 Å². The Balaban J connectivity index is 1.47. The fourth-order valence-corrected chi connectivity index (χ4v) is 3.75. The topological polar surface area (TPSA) is 100 Å². The maximum atomic E-state index is 12.3. The van der Waals surface area contributed by atoms with Crippen molar-refractivity contribution in [1.82, 2.24) is 24.8 Å². The number of anilines is 3. The molecule has 3 aromatic heterocycles. The monoisotopic (exact) mass is 381 g/mol. The minimum atomic E-state index is -0.340. The second-order valence-corrected chi connectivity index (χ2v) is 7.31. The summed E-state index contributed by atoms with van der Waals surface area (Å²) >= 11 is 0. The largest absolute Gasteiger partial charge is 0.464 e. The van der Waals surface area contributed by atoms with Gasteiger partial charge in [0.05, 0.1) is 6.61 Å². The van der Waals surface area contributed by atoms with Gasteiger partial charge in [-0.2, -0.15) is 10.1 Å². The lowest BCUT2D eigenvalue weighted by molar-refractivity contribution is -0.144.